The Balaban J connectivity index is 1.88. The number of rotatable bonds is 5. The third-order valence-electron chi connectivity index (χ3n) is 4.82. The standard InChI is InChI=1S/C22H26BrN3O3/c1-14(2)7-8-26-18-6-5-17(10-19(18)29-13-22(3,4)21(26)28)25-20(27)15-9-16(23)12-24-11-15/h5-6,9-12,14H,7-8,13H2,1-4H3,(H,25,27). The van der Waals surface area contributed by atoms with Crippen LogP contribution in [0.25, 0.3) is 0 Å². The van der Waals surface area contributed by atoms with Gasteiger partial charge in [0, 0.05) is 35.2 Å². The van der Waals surface area contributed by atoms with Gasteiger partial charge < -0.3 is 15.0 Å². The molecule has 1 N–H and O–H groups in total. The molecule has 154 valence electrons. The molecule has 6 nitrogen and oxygen atoms in total. The van der Waals surface area contributed by atoms with E-state index in [0.29, 0.717) is 29.5 Å². The van der Waals surface area contributed by atoms with Crippen LogP contribution in [0.2, 0.25) is 0 Å². The Hall–Kier alpha value is -2.41. The molecule has 2 heterocycles. The predicted octanol–water partition coefficient (Wildman–Crippen LogP) is 4.89. The molecule has 7 heteroatoms. The fourth-order valence-corrected chi connectivity index (χ4v) is 3.44. The van der Waals surface area contributed by atoms with Crippen LogP contribution >= 0.6 is 15.9 Å². The number of carbonyl (C=O) groups is 2. The predicted molar refractivity (Wildman–Crippen MR) is 117 cm³/mol. The van der Waals surface area contributed by atoms with Gasteiger partial charge >= 0.3 is 0 Å². The maximum atomic E-state index is 13.1. The highest BCUT2D eigenvalue weighted by atomic mass is 79.9. The number of benzene rings is 1. The summed E-state index contributed by atoms with van der Waals surface area (Å²) in [7, 11) is 0. The molecular weight excluding hydrogens is 434 g/mol. The smallest absolute Gasteiger partial charge is 0.257 e. The summed E-state index contributed by atoms with van der Waals surface area (Å²) in [6.45, 7) is 8.98. The molecule has 0 unspecified atom stereocenters. The van der Waals surface area contributed by atoms with Crippen molar-refractivity contribution in [3.05, 3.63) is 46.7 Å². The molecule has 1 aliphatic heterocycles. The lowest BCUT2D eigenvalue weighted by molar-refractivity contribution is -0.127. The van der Waals surface area contributed by atoms with E-state index in [1.54, 1.807) is 24.4 Å². The minimum atomic E-state index is -0.624. The number of amides is 2. The molecule has 0 aliphatic carbocycles. The van der Waals surface area contributed by atoms with Crippen molar-refractivity contribution in [2.24, 2.45) is 11.3 Å². The first-order valence-electron chi connectivity index (χ1n) is 9.68. The molecule has 29 heavy (non-hydrogen) atoms. The second kappa shape index (κ2) is 8.53. The molecule has 1 aromatic carbocycles. The van der Waals surface area contributed by atoms with Crippen molar-refractivity contribution in [3.63, 3.8) is 0 Å². The minimum Gasteiger partial charge on any atom is -0.490 e. The van der Waals surface area contributed by atoms with E-state index < -0.39 is 5.41 Å². The van der Waals surface area contributed by atoms with Crippen molar-refractivity contribution in [1.82, 2.24) is 4.98 Å². The van der Waals surface area contributed by atoms with E-state index in [0.717, 1.165) is 16.6 Å². The number of pyridine rings is 1. The lowest BCUT2D eigenvalue weighted by Crippen LogP contribution is -2.42. The average molecular weight is 460 g/mol. The van der Waals surface area contributed by atoms with Crippen LogP contribution in [0.5, 0.6) is 5.75 Å². The second-order valence-corrected chi connectivity index (χ2v) is 9.26. The van der Waals surface area contributed by atoms with Crippen LogP contribution in [-0.4, -0.2) is 29.9 Å². The van der Waals surface area contributed by atoms with Gasteiger partial charge in [-0.2, -0.15) is 0 Å². The first kappa shape index (κ1) is 21.3. The van der Waals surface area contributed by atoms with Gasteiger partial charge in [0.1, 0.15) is 12.4 Å². The molecule has 0 spiro atoms. The summed E-state index contributed by atoms with van der Waals surface area (Å²) >= 11 is 3.32. The Morgan fingerprint density at radius 3 is 2.76 bits per heavy atom. The van der Waals surface area contributed by atoms with Gasteiger partial charge in [0.15, 0.2) is 0 Å². The van der Waals surface area contributed by atoms with Gasteiger partial charge in [-0.25, -0.2) is 0 Å². The normalized spacial score (nSPS) is 15.5. The number of nitrogens with one attached hydrogen (secondary N) is 1. The maximum absolute atomic E-state index is 13.1. The van der Waals surface area contributed by atoms with Crippen molar-refractivity contribution in [2.75, 3.05) is 23.4 Å². The van der Waals surface area contributed by atoms with Gasteiger partial charge in [0.25, 0.3) is 5.91 Å². The first-order chi connectivity index (χ1) is 13.7. The van der Waals surface area contributed by atoms with Crippen molar-refractivity contribution >= 4 is 39.1 Å². The zero-order valence-corrected chi connectivity index (χ0v) is 18.7. The molecular formula is C22H26BrN3O3. The van der Waals surface area contributed by atoms with E-state index in [-0.39, 0.29) is 18.4 Å². The Morgan fingerprint density at radius 2 is 2.07 bits per heavy atom. The lowest BCUT2D eigenvalue weighted by Gasteiger charge is -2.28. The number of ether oxygens (including phenoxy) is 1. The topological polar surface area (TPSA) is 71.5 Å². The van der Waals surface area contributed by atoms with E-state index in [1.165, 1.54) is 6.20 Å². The number of anilines is 2. The summed E-state index contributed by atoms with van der Waals surface area (Å²) in [5.74, 6) is 0.864. The Labute approximate surface area is 179 Å². The van der Waals surface area contributed by atoms with Crippen LogP contribution in [0, 0.1) is 11.3 Å². The summed E-state index contributed by atoms with van der Waals surface area (Å²) in [6, 6.07) is 7.11. The maximum Gasteiger partial charge on any atom is 0.257 e. The molecule has 0 atom stereocenters. The van der Waals surface area contributed by atoms with Gasteiger partial charge in [-0.05, 0) is 60.3 Å². The summed E-state index contributed by atoms with van der Waals surface area (Å²) in [6.07, 6.45) is 4.03. The van der Waals surface area contributed by atoms with E-state index in [9.17, 15) is 9.59 Å². The fraction of sp³-hybridized carbons (Fsp3) is 0.409. The number of halogens is 1. The number of nitrogens with zero attached hydrogens (tertiary/aromatic N) is 2. The van der Waals surface area contributed by atoms with E-state index >= 15 is 0 Å². The molecule has 3 rings (SSSR count). The highest BCUT2D eigenvalue weighted by Gasteiger charge is 2.37. The van der Waals surface area contributed by atoms with E-state index in [4.69, 9.17) is 4.74 Å². The van der Waals surface area contributed by atoms with Crippen molar-refractivity contribution in [2.45, 2.75) is 34.1 Å². The number of carbonyl (C=O) groups excluding carboxylic acids is 2. The first-order valence-corrected chi connectivity index (χ1v) is 10.5. The third-order valence-corrected chi connectivity index (χ3v) is 5.25. The fourth-order valence-electron chi connectivity index (χ4n) is 3.07. The van der Waals surface area contributed by atoms with Crippen LogP contribution in [-0.2, 0) is 4.79 Å². The number of aromatic nitrogens is 1. The number of fused-ring (bicyclic) bond motifs is 1. The van der Waals surface area contributed by atoms with Crippen molar-refractivity contribution < 1.29 is 14.3 Å². The van der Waals surface area contributed by atoms with Crippen LogP contribution in [0.4, 0.5) is 11.4 Å². The quantitative estimate of drug-likeness (QED) is 0.690. The highest BCUT2D eigenvalue weighted by Crippen LogP contribution is 2.38. The Morgan fingerprint density at radius 1 is 1.31 bits per heavy atom. The molecule has 0 radical (unpaired) electrons. The third kappa shape index (κ3) is 4.96. The Kier molecular flexibility index (Phi) is 6.27. The van der Waals surface area contributed by atoms with Crippen LogP contribution in [0.15, 0.2) is 41.1 Å². The summed E-state index contributed by atoms with van der Waals surface area (Å²) in [5, 5.41) is 2.87. The van der Waals surface area contributed by atoms with Crippen LogP contribution in [0.1, 0.15) is 44.5 Å². The summed E-state index contributed by atoms with van der Waals surface area (Å²) < 4.78 is 6.72. The van der Waals surface area contributed by atoms with E-state index in [1.807, 2.05) is 24.8 Å². The molecule has 1 aliphatic rings. The molecule has 2 aromatic rings. The average Bonchev–Trinajstić information content (AvgIpc) is 2.75. The van der Waals surface area contributed by atoms with Gasteiger partial charge in [0.05, 0.1) is 16.7 Å². The monoisotopic (exact) mass is 459 g/mol. The van der Waals surface area contributed by atoms with Crippen molar-refractivity contribution in [1.29, 1.82) is 0 Å². The zero-order valence-electron chi connectivity index (χ0n) is 17.2. The van der Waals surface area contributed by atoms with E-state index in [2.05, 4.69) is 40.1 Å². The Bertz CT molecular complexity index is 927. The summed E-state index contributed by atoms with van der Waals surface area (Å²) in [4.78, 5) is 31.4. The SMILES string of the molecule is CC(C)CCN1C(=O)C(C)(C)COc2cc(NC(=O)c3cncc(Br)c3)ccc21. The second-order valence-electron chi connectivity index (χ2n) is 8.34. The molecule has 0 bridgehead atoms. The van der Waals surface area contributed by atoms with Gasteiger partial charge in [-0.1, -0.05) is 13.8 Å². The number of hydrogen-bond donors (Lipinski definition) is 1. The van der Waals surface area contributed by atoms with Gasteiger partial charge in [-0.15, -0.1) is 0 Å². The minimum absolute atomic E-state index is 0.0499. The molecule has 2 amide bonds. The molecule has 1 aromatic heterocycles. The zero-order chi connectivity index (χ0) is 21.2. The molecule has 0 saturated carbocycles. The largest absolute Gasteiger partial charge is 0.490 e. The van der Waals surface area contributed by atoms with Crippen molar-refractivity contribution in [3.8, 4) is 5.75 Å². The van der Waals surface area contributed by atoms with Crippen LogP contribution < -0.4 is 15.0 Å². The van der Waals surface area contributed by atoms with Gasteiger partial charge in [0.2, 0.25) is 5.91 Å². The molecule has 0 fully saturated rings. The molecule has 0 saturated heterocycles. The highest BCUT2D eigenvalue weighted by molar-refractivity contribution is 9.10. The number of hydrogen-bond acceptors (Lipinski definition) is 4. The summed E-state index contributed by atoms with van der Waals surface area (Å²) in [5.41, 5.74) is 1.17. The lowest BCUT2D eigenvalue weighted by atomic mass is 9.92. The van der Waals surface area contributed by atoms with Crippen LogP contribution in [0.3, 0.4) is 0 Å². The van der Waals surface area contributed by atoms with Gasteiger partial charge in [-0.3, -0.25) is 14.6 Å².